The Balaban J connectivity index is 1.34. The van der Waals surface area contributed by atoms with Crippen molar-refractivity contribution in [3.63, 3.8) is 0 Å². The van der Waals surface area contributed by atoms with Gasteiger partial charge >= 0.3 is 0 Å². The van der Waals surface area contributed by atoms with E-state index in [4.69, 9.17) is 42.6 Å². The SMILES string of the molecule is C=C[C@H]([C@H](O)[C@H]1OC(C)(C)O[C@@H]1[C@H]1COC(C)(C)O1)[C@H]1O[C@H](OC)[C@H](OCc2ccccc2)[C@@H](OCc2ccccc2)[C@@H]1OCc1ccccc1. The summed E-state index contributed by atoms with van der Waals surface area (Å²) in [7, 11) is 1.57. The van der Waals surface area contributed by atoms with Crippen molar-refractivity contribution >= 4 is 0 Å². The van der Waals surface area contributed by atoms with Crippen LogP contribution in [0.2, 0.25) is 0 Å². The third-order valence-electron chi connectivity index (χ3n) is 9.56. The number of hydrogen-bond acceptors (Lipinski definition) is 10. The van der Waals surface area contributed by atoms with Crippen molar-refractivity contribution in [3.05, 3.63) is 120 Å². The second-order valence-electron chi connectivity index (χ2n) is 14.2. The summed E-state index contributed by atoms with van der Waals surface area (Å²) in [6.07, 6.45) is -5.15. The van der Waals surface area contributed by atoms with E-state index < -0.39 is 72.6 Å². The Morgan fingerprint density at radius 2 is 1.22 bits per heavy atom. The number of rotatable bonds is 15. The maximum absolute atomic E-state index is 12.3. The van der Waals surface area contributed by atoms with Crippen molar-refractivity contribution < 1.29 is 47.7 Å². The predicted molar refractivity (Wildman–Crippen MR) is 189 cm³/mol. The van der Waals surface area contributed by atoms with E-state index in [1.165, 1.54) is 0 Å². The maximum Gasteiger partial charge on any atom is 0.186 e. The number of aliphatic hydroxyl groups excluding tert-OH is 1. The van der Waals surface area contributed by atoms with Crippen molar-refractivity contribution in [3.8, 4) is 0 Å². The highest BCUT2D eigenvalue weighted by Crippen LogP contribution is 2.41. The number of benzene rings is 3. The first-order valence-corrected chi connectivity index (χ1v) is 17.7. The molecule has 0 aromatic heterocycles. The zero-order chi connectivity index (χ0) is 36.0. The first kappa shape index (κ1) is 37.7. The molecule has 0 aliphatic carbocycles. The predicted octanol–water partition coefficient (Wildman–Crippen LogP) is 5.95. The van der Waals surface area contributed by atoms with E-state index in [2.05, 4.69) is 6.58 Å². The van der Waals surface area contributed by atoms with Crippen molar-refractivity contribution in [1.29, 1.82) is 0 Å². The lowest BCUT2D eigenvalue weighted by Crippen LogP contribution is -2.64. The van der Waals surface area contributed by atoms with E-state index in [0.717, 1.165) is 16.7 Å². The minimum absolute atomic E-state index is 0.264. The largest absolute Gasteiger partial charge is 0.390 e. The van der Waals surface area contributed by atoms with Crippen LogP contribution in [-0.4, -0.2) is 85.5 Å². The summed E-state index contributed by atoms with van der Waals surface area (Å²) in [6, 6.07) is 29.7. The van der Waals surface area contributed by atoms with E-state index in [1.807, 2.05) is 119 Å². The van der Waals surface area contributed by atoms with Crippen LogP contribution < -0.4 is 0 Å². The minimum Gasteiger partial charge on any atom is -0.390 e. The van der Waals surface area contributed by atoms with Gasteiger partial charge in [-0.05, 0) is 44.4 Å². The van der Waals surface area contributed by atoms with Crippen molar-refractivity contribution in [1.82, 2.24) is 0 Å². The highest BCUT2D eigenvalue weighted by Gasteiger charge is 2.57. The fourth-order valence-corrected chi connectivity index (χ4v) is 7.12. The zero-order valence-corrected chi connectivity index (χ0v) is 30.2. The molecule has 276 valence electrons. The quantitative estimate of drug-likeness (QED) is 0.191. The van der Waals surface area contributed by atoms with Crippen molar-refractivity contribution in [2.24, 2.45) is 5.92 Å². The monoisotopic (exact) mass is 704 g/mol. The molecule has 6 rings (SSSR count). The Kier molecular flexibility index (Phi) is 12.4. The normalized spacial score (nSPS) is 31.3. The van der Waals surface area contributed by atoms with E-state index in [0.29, 0.717) is 13.2 Å². The Morgan fingerprint density at radius 3 is 1.69 bits per heavy atom. The third-order valence-corrected chi connectivity index (χ3v) is 9.56. The molecule has 3 fully saturated rings. The third kappa shape index (κ3) is 9.33. The van der Waals surface area contributed by atoms with Crippen LogP contribution in [0.25, 0.3) is 0 Å². The summed E-state index contributed by atoms with van der Waals surface area (Å²) in [5, 5.41) is 12.3. The van der Waals surface area contributed by atoms with E-state index in [9.17, 15) is 5.11 Å². The van der Waals surface area contributed by atoms with Crippen LogP contribution in [0.1, 0.15) is 44.4 Å². The lowest BCUT2D eigenvalue weighted by molar-refractivity contribution is -0.327. The zero-order valence-electron chi connectivity index (χ0n) is 30.2. The molecule has 0 bridgehead atoms. The van der Waals surface area contributed by atoms with Gasteiger partial charge in [0.05, 0.1) is 38.6 Å². The molecule has 3 aliphatic rings. The van der Waals surface area contributed by atoms with Gasteiger partial charge in [-0.3, -0.25) is 0 Å². The summed E-state index contributed by atoms with van der Waals surface area (Å²) < 4.78 is 57.7. The molecule has 3 saturated heterocycles. The van der Waals surface area contributed by atoms with E-state index in [-0.39, 0.29) is 13.2 Å². The first-order valence-electron chi connectivity index (χ1n) is 17.7. The molecule has 10 nitrogen and oxygen atoms in total. The summed E-state index contributed by atoms with van der Waals surface area (Å²) in [5.41, 5.74) is 2.95. The van der Waals surface area contributed by atoms with Gasteiger partial charge in [-0.25, -0.2) is 0 Å². The Labute approximate surface area is 301 Å². The first-order chi connectivity index (χ1) is 24.6. The summed E-state index contributed by atoms with van der Waals surface area (Å²) in [6.45, 7) is 12.7. The van der Waals surface area contributed by atoms with Crippen LogP contribution >= 0.6 is 0 Å². The highest BCUT2D eigenvalue weighted by molar-refractivity contribution is 5.16. The van der Waals surface area contributed by atoms with E-state index in [1.54, 1.807) is 13.2 Å². The molecular formula is C41H52O10. The average molecular weight is 705 g/mol. The van der Waals surface area contributed by atoms with Gasteiger partial charge in [-0.15, -0.1) is 6.58 Å². The Morgan fingerprint density at radius 1 is 0.706 bits per heavy atom. The molecule has 0 spiro atoms. The fourth-order valence-electron chi connectivity index (χ4n) is 7.12. The molecule has 3 aromatic carbocycles. The van der Waals surface area contributed by atoms with Gasteiger partial charge < -0.3 is 47.7 Å². The van der Waals surface area contributed by atoms with Crippen molar-refractivity contribution in [2.45, 2.75) is 114 Å². The second kappa shape index (κ2) is 16.8. The van der Waals surface area contributed by atoms with Gasteiger partial charge in [0.1, 0.15) is 36.6 Å². The van der Waals surface area contributed by atoms with Gasteiger partial charge in [0, 0.05) is 13.0 Å². The van der Waals surface area contributed by atoms with Gasteiger partial charge in [0.25, 0.3) is 0 Å². The lowest BCUT2D eigenvalue weighted by atomic mass is 9.82. The van der Waals surface area contributed by atoms with Crippen LogP contribution in [-0.2, 0) is 62.5 Å². The van der Waals surface area contributed by atoms with Gasteiger partial charge in [-0.1, -0.05) is 97.1 Å². The van der Waals surface area contributed by atoms with Crippen LogP contribution in [0.4, 0.5) is 0 Å². The van der Waals surface area contributed by atoms with Crippen molar-refractivity contribution in [2.75, 3.05) is 13.7 Å². The second-order valence-corrected chi connectivity index (χ2v) is 14.2. The number of ether oxygens (including phenoxy) is 9. The molecular weight excluding hydrogens is 652 g/mol. The molecule has 3 heterocycles. The Hall–Kier alpha value is -3.00. The van der Waals surface area contributed by atoms with Gasteiger partial charge in [-0.2, -0.15) is 0 Å². The number of hydrogen-bond donors (Lipinski definition) is 1. The lowest BCUT2D eigenvalue weighted by Gasteiger charge is -2.48. The summed E-state index contributed by atoms with van der Waals surface area (Å²) in [4.78, 5) is 0. The molecule has 3 aliphatic heterocycles. The molecule has 1 N–H and O–H groups in total. The smallest absolute Gasteiger partial charge is 0.186 e. The highest BCUT2D eigenvalue weighted by atomic mass is 16.8. The molecule has 51 heavy (non-hydrogen) atoms. The van der Waals surface area contributed by atoms with Crippen LogP contribution in [0.15, 0.2) is 104 Å². The fraction of sp³-hybridized carbons (Fsp3) is 0.512. The molecule has 10 heteroatoms. The number of methoxy groups -OCH3 is 1. The van der Waals surface area contributed by atoms with E-state index >= 15 is 0 Å². The van der Waals surface area contributed by atoms with Crippen LogP contribution in [0.5, 0.6) is 0 Å². The molecule has 0 radical (unpaired) electrons. The van der Waals surface area contributed by atoms with Gasteiger partial charge in [0.15, 0.2) is 17.9 Å². The molecule has 0 saturated carbocycles. The number of aliphatic hydroxyl groups is 1. The Bertz CT molecular complexity index is 1500. The molecule has 3 aromatic rings. The minimum atomic E-state index is -1.15. The maximum atomic E-state index is 12.3. The van der Waals surface area contributed by atoms with Crippen LogP contribution in [0, 0.1) is 5.92 Å². The molecule has 0 amide bonds. The van der Waals surface area contributed by atoms with Gasteiger partial charge in [0.2, 0.25) is 0 Å². The van der Waals surface area contributed by atoms with Crippen LogP contribution in [0.3, 0.4) is 0 Å². The summed E-state index contributed by atoms with van der Waals surface area (Å²) in [5.74, 6) is -2.50. The molecule has 0 unspecified atom stereocenters. The standard InChI is InChI=1S/C41H52O10/c1-7-30(32(42)35-34(50-41(4,5)51-35)31-26-47-40(2,3)49-31)33-36(44-23-27-17-11-8-12-18-27)37(45-24-28-19-13-9-14-20-28)38(39(43-6)48-33)46-25-29-21-15-10-16-22-29/h7-22,30-39,42H,1,23-26H2,2-6H3/t30-,31-,32+,33-,34-,35-,36-,37+,38-,39+/m1/s1. The molecule has 10 atom stereocenters. The topological polar surface area (TPSA) is 103 Å². The summed E-state index contributed by atoms with van der Waals surface area (Å²) >= 11 is 0. The average Bonchev–Trinajstić information content (AvgIpc) is 3.67.